The molecule has 0 aliphatic rings. The van der Waals surface area contributed by atoms with Crippen LogP contribution in [0.15, 0.2) is 65.1 Å². The number of benzene rings is 3. The topological polar surface area (TPSA) is 106 Å². The monoisotopic (exact) mass is 666 g/mol. The van der Waals surface area contributed by atoms with E-state index in [0.29, 0.717) is 12.0 Å². The molecule has 1 atom stereocenters. The molecule has 2 amide bonds. The van der Waals surface area contributed by atoms with Crippen LogP contribution in [0.5, 0.6) is 0 Å². The van der Waals surface area contributed by atoms with Gasteiger partial charge in [-0.25, -0.2) is 9.18 Å². The summed E-state index contributed by atoms with van der Waals surface area (Å²) >= 11 is 0. The maximum absolute atomic E-state index is 13.7. The van der Waals surface area contributed by atoms with Crippen molar-refractivity contribution in [2.45, 2.75) is 38.7 Å². The largest absolute Gasteiger partial charge is 0.471 e. The molecule has 0 spiro atoms. The second-order valence-electron chi connectivity index (χ2n) is 10.1. The van der Waals surface area contributed by atoms with E-state index in [1.807, 2.05) is 0 Å². The number of ketones is 1. The van der Waals surface area contributed by atoms with Crippen LogP contribution in [-0.4, -0.2) is 55.6 Å². The minimum absolute atomic E-state index is 0.00657. The van der Waals surface area contributed by atoms with Crippen molar-refractivity contribution in [3.63, 3.8) is 0 Å². The Morgan fingerprint density at radius 3 is 2.13 bits per heavy atom. The Hall–Kier alpha value is -5.21. The summed E-state index contributed by atoms with van der Waals surface area (Å²) in [7, 11) is 0.697. The Bertz CT molecular complexity index is 1850. The van der Waals surface area contributed by atoms with E-state index in [0.717, 1.165) is 30.3 Å². The van der Waals surface area contributed by atoms with Gasteiger partial charge in [-0.15, -0.1) is 0 Å². The average molecular weight is 667 g/mol. The van der Waals surface area contributed by atoms with Crippen molar-refractivity contribution in [1.82, 2.24) is 5.32 Å². The van der Waals surface area contributed by atoms with Gasteiger partial charge in [-0.3, -0.25) is 14.4 Å². The van der Waals surface area contributed by atoms with Crippen LogP contribution < -0.4 is 10.2 Å². The van der Waals surface area contributed by atoms with E-state index in [1.54, 1.807) is 6.92 Å². The summed E-state index contributed by atoms with van der Waals surface area (Å²) in [6, 6.07) is 8.90. The normalized spacial score (nSPS) is 12.5. The quantitative estimate of drug-likeness (QED) is 0.115. The minimum atomic E-state index is -5.32. The van der Waals surface area contributed by atoms with Crippen LogP contribution in [0, 0.1) is 5.82 Å². The van der Waals surface area contributed by atoms with Gasteiger partial charge in [-0.1, -0.05) is 19.1 Å². The fourth-order valence-electron chi connectivity index (χ4n) is 4.86. The van der Waals surface area contributed by atoms with Crippen molar-refractivity contribution in [1.29, 1.82) is 0 Å². The van der Waals surface area contributed by atoms with Crippen LogP contribution in [0.2, 0.25) is 0 Å². The van der Waals surface area contributed by atoms with Gasteiger partial charge >= 0.3 is 24.2 Å². The molecule has 0 saturated carbocycles. The van der Waals surface area contributed by atoms with E-state index in [9.17, 15) is 49.9 Å². The van der Waals surface area contributed by atoms with Gasteiger partial charge in [0.05, 0.1) is 18.4 Å². The van der Waals surface area contributed by atoms with Crippen LogP contribution in [0.1, 0.15) is 41.0 Å². The molecule has 1 heterocycles. The van der Waals surface area contributed by atoms with Crippen molar-refractivity contribution in [2.24, 2.45) is 0 Å². The number of nitrogens with zero attached hydrogens (tertiary/aromatic N) is 1. The number of hydrogen-bond acceptors (Lipinski definition) is 6. The third kappa shape index (κ3) is 7.13. The lowest BCUT2D eigenvalue weighted by Gasteiger charge is -2.25. The first-order valence-corrected chi connectivity index (χ1v) is 13.9. The first-order valence-electron chi connectivity index (χ1n) is 13.9. The number of fused-ring (bicyclic) bond motifs is 1. The van der Waals surface area contributed by atoms with Gasteiger partial charge in [-0.05, 0) is 55.0 Å². The number of Topliss-reactive ketones (excluding diaryl/α,β-unsaturated/α-hetero) is 1. The lowest BCUT2D eigenvalue weighted by atomic mass is 9.95. The van der Waals surface area contributed by atoms with Crippen LogP contribution >= 0.6 is 0 Å². The number of ether oxygens (including phenoxy) is 1. The summed E-state index contributed by atoms with van der Waals surface area (Å²) in [4.78, 5) is 50.7. The highest BCUT2D eigenvalue weighted by molar-refractivity contribution is 6.14. The molecule has 1 aromatic heterocycles. The van der Waals surface area contributed by atoms with Gasteiger partial charge in [0.25, 0.3) is 5.91 Å². The predicted molar refractivity (Wildman–Crippen MR) is 155 cm³/mol. The summed E-state index contributed by atoms with van der Waals surface area (Å²) in [5, 5.41) is 1.64. The van der Waals surface area contributed by atoms with Gasteiger partial charge in [0, 0.05) is 41.1 Å². The zero-order valence-electron chi connectivity index (χ0n) is 24.8. The summed E-state index contributed by atoms with van der Waals surface area (Å²) in [6.45, 7) is 2.32. The highest BCUT2D eigenvalue weighted by Crippen LogP contribution is 2.42. The molecule has 15 heteroatoms. The first-order chi connectivity index (χ1) is 22.0. The molecule has 4 rings (SSSR count). The minimum Gasteiger partial charge on any atom is -0.467 e. The lowest BCUT2D eigenvalue weighted by Crippen LogP contribution is -2.51. The molecular weight excluding hydrogens is 641 g/mol. The van der Waals surface area contributed by atoms with Gasteiger partial charge in [0.1, 0.15) is 17.2 Å². The number of halogens is 7. The number of hydrogen-bond donors (Lipinski definition) is 1. The molecule has 1 unspecified atom stereocenters. The lowest BCUT2D eigenvalue weighted by molar-refractivity contribution is -0.180. The van der Waals surface area contributed by atoms with E-state index < -0.39 is 59.9 Å². The van der Waals surface area contributed by atoms with Gasteiger partial charge in [0.2, 0.25) is 6.04 Å². The molecule has 47 heavy (non-hydrogen) atoms. The number of carbonyl (C=O) groups is 4. The molecule has 4 aromatic rings. The Balaban J connectivity index is 1.98. The highest BCUT2D eigenvalue weighted by Gasteiger charge is 2.47. The van der Waals surface area contributed by atoms with Gasteiger partial charge in [0.15, 0.2) is 5.78 Å². The number of furan rings is 1. The smallest absolute Gasteiger partial charge is 0.467 e. The standard InChI is InChI=1S/C32H25F7N2O6/c1-4-23(42)25-21-14-20(17-7-6-8-18(13-17)28(43)40-27(29(44)46-3)31(34,35)36)22(41(5-2)30(45)32(37,38)39)15-24(21)47-26(25)16-9-11-19(33)12-10-16/h6-15,27H,4-5H2,1-3H3,(H,40,43). The van der Waals surface area contributed by atoms with Crippen molar-refractivity contribution < 1.29 is 59.1 Å². The molecule has 0 saturated heterocycles. The van der Waals surface area contributed by atoms with Crippen molar-refractivity contribution in [2.75, 3.05) is 18.6 Å². The molecule has 0 fully saturated rings. The van der Waals surface area contributed by atoms with Crippen LogP contribution in [0.25, 0.3) is 33.4 Å². The Labute approximate surface area is 262 Å². The van der Waals surface area contributed by atoms with Crippen molar-refractivity contribution >= 4 is 40.2 Å². The van der Waals surface area contributed by atoms with E-state index in [4.69, 9.17) is 4.42 Å². The Morgan fingerprint density at radius 2 is 1.57 bits per heavy atom. The number of methoxy groups -OCH3 is 1. The fraction of sp³-hybridized carbons (Fsp3) is 0.250. The third-order valence-corrected chi connectivity index (χ3v) is 7.08. The van der Waals surface area contributed by atoms with E-state index in [-0.39, 0.29) is 51.1 Å². The maximum atomic E-state index is 13.7. The maximum Gasteiger partial charge on any atom is 0.471 e. The van der Waals surface area contributed by atoms with E-state index in [2.05, 4.69) is 4.74 Å². The summed E-state index contributed by atoms with van der Waals surface area (Å²) < 4.78 is 105. The van der Waals surface area contributed by atoms with Gasteiger partial charge < -0.3 is 19.4 Å². The number of amides is 2. The zero-order chi connectivity index (χ0) is 34.8. The molecule has 0 bridgehead atoms. The third-order valence-electron chi connectivity index (χ3n) is 7.08. The number of alkyl halides is 6. The number of anilines is 1. The summed E-state index contributed by atoms with van der Waals surface area (Å²) in [5.74, 6) is -6.47. The second kappa shape index (κ2) is 13.3. The van der Waals surface area contributed by atoms with Gasteiger partial charge in [-0.2, -0.15) is 26.3 Å². The SMILES string of the molecule is CCC(=O)c1c(-c2ccc(F)cc2)oc2cc(N(CC)C(=O)C(F)(F)F)c(-c3cccc(C(=O)NC(C(=O)OC)C(F)(F)F)c3)cc12. The summed E-state index contributed by atoms with van der Waals surface area (Å²) in [5.41, 5.74) is -0.781. The number of carbonyl (C=O) groups excluding carboxylic acids is 4. The molecule has 0 radical (unpaired) electrons. The summed E-state index contributed by atoms with van der Waals surface area (Å²) in [6.07, 6.45) is -10.6. The van der Waals surface area contributed by atoms with Crippen molar-refractivity contribution in [3.8, 4) is 22.5 Å². The van der Waals surface area contributed by atoms with Crippen LogP contribution in [-0.2, 0) is 14.3 Å². The predicted octanol–water partition coefficient (Wildman–Crippen LogP) is 7.25. The Kier molecular flexibility index (Phi) is 9.78. The number of rotatable bonds is 9. The molecule has 248 valence electrons. The van der Waals surface area contributed by atoms with Crippen LogP contribution in [0.3, 0.4) is 0 Å². The van der Waals surface area contributed by atoms with Crippen LogP contribution in [0.4, 0.5) is 36.4 Å². The average Bonchev–Trinajstić information content (AvgIpc) is 3.40. The number of nitrogens with one attached hydrogen (secondary N) is 1. The molecule has 0 aliphatic carbocycles. The molecular formula is C32H25F7N2O6. The molecule has 1 N–H and O–H groups in total. The highest BCUT2D eigenvalue weighted by atomic mass is 19.4. The second-order valence-corrected chi connectivity index (χ2v) is 10.1. The first kappa shape index (κ1) is 34.7. The zero-order valence-corrected chi connectivity index (χ0v) is 24.8. The molecule has 8 nitrogen and oxygen atoms in total. The number of esters is 1. The fourth-order valence-corrected chi connectivity index (χ4v) is 4.86. The van der Waals surface area contributed by atoms with E-state index in [1.165, 1.54) is 42.6 Å². The molecule has 0 aliphatic heterocycles. The van der Waals surface area contributed by atoms with E-state index >= 15 is 0 Å². The Morgan fingerprint density at radius 1 is 0.915 bits per heavy atom. The molecule has 3 aromatic carbocycles. The van der Waals surface area contributed by atoms with Crippen molar-refractivity contribution in [3.05, 3.63) is 77.6 Å².